The van der Waals surface area contributed by atoms with Gasteiger partial charge in [-0.05, 0) is 25.1 Å². The van der Waals surface area contributed by atoms with E-state index in [0.717, 1.165) is 0 Å². The van der Waals surface area contributed by atoms with Crippen LogP contribution in [0.4, 0.5) is 0 Å². The molecule has 1 atom stereocenters. The van der Waals surface area contributed by atoms with Crippen LogP contribution in [0.3, 0.4) is 0 Å². The first-order valence-electron chi connectivity index (χ1n) is 4.70. The fraction of sp³-hybridized carbons (Fsp3) is 0.364. The molecule has 0 spiro atoms. The van der Waals surface area contributed by atoms with Gasteiger partial charge in [0.1, 0.15) is 0 Å². The summed E-state index contributed by atoms with van der Waals surface area (Å²) in [7, 11) is 1.66. The molecule has 82 valence electrons. The van der Waals surface area contributed by atoms with Crippen LogP contribution in [0.5, 0.6) is 0 Å². The van der Waals surface area contributed by atoms with Crippen LogP contribution in [0.15, 0.2) is 24.3 Å². The van der Waals surface area contributed by atoms with Crippen LogP contribution in [-0.2, 0) is 0 Å². The Bertz CT molecular complexity index is 354. The summed E-state index contributed by atoms with van der Waals surface area (Å²) in [5, 5.41) is 9.47. The van der Waals surface area contributed by atoms with Gasteiger partial charge in [-0.15, -0.1) is 0 Å². The third-order valence-corrected chi connectivity index (χ3v) is 2.55. The maximum Gasteiger partial charge on any atom is 0.253 e. The average Bonchev–Trinajstić information content (AvgIpc) is 2.26. The number of aliphatic hydroxyl groups is 1. The molecular weight excluding hydrogens is 214 g/mol. The smallest absolute Gasteiger partial charge is 0.253 e. The number of rotatable bonds is 3. The van der Waals surface area contributed by atoms with E-state index in [1.54, 1.807) is 38.2 Å². The molecule has 1 aromatic rings. The Morgan fingerprint density at radius 1 is 1.60 bits per heavy atom. The molecular formula is C11H14ClNO2. The maximum absolute atomic E-state index is 11.9. The van der Waals surface area contributed by atoms with E-state index in [0.29, 0.717) is 10.6 Å². The first kappa shape index (κ1) is 12.0. The van der Waals surface area contributed by atoms with Gasteiger partial charge in [-0.25, -0.2) is 0 Å². The first-order chi connectivity index (χ1) is 7.06. The van der Waals surface area contributed by atoms with E-state index in [9.17, 15) is 4.79 Å². The van der Waals surface area contributed by atoms with Crippen molar-refractivity contribution < 1.29 is 9.90 Å². The topological polar surface area (TPSA) is 40.5 Å². The van der Waals surface area contributed by atoms with E-state index in [-0.39, 0.29) is 18.6 Å². The first-order valence-corrected chi connectivity index (χ1v) is 5.07. The van der Waals surface area contributed by atoms with E-state index in [1.165, 1.54) is 4.90 Å². The summed E-state index contributed by atoms with van der Waals surface area (Å²) in [5.74, 6) is -0.140. The van der Waals surface area contributed by atoms with Gasteiger partial charge in [0.15, 0.2) is 0 Å². The van der Waals surface area contributed by atoms with E-state index >= 15 is 0 Å². The van der Waals surface area contributed by atoms with Crippen LogP contribution >= 0.6 is 11.6 Å². The van der Waals surface area contributed by atoms with Gasteiger partial charge >= 0.3 is 0 Å². The standard InChI is InChI=1S/C11H14ClNO2/c1-8(7-14)13(2)11(15)9-4-3-5-10(12)6-9/h3-6,8,14H,7H2,1-2H3. The minimum absolute atomic E-state index is 0.0528. The number of carbonyl (C=O) groups is 1. The van der Waals surface area contributed by atoms with Crippen molar-refractivity contribution in [2.24, 2.45) is 0 Å². The molecule has 0 saturated carbocycles. The molecule has 4 heteroatoms. The Morgan fingerprint density at radius 3 is 2.80 bits per heavy atom. The van der Waals surface area contributed by atoms with Crippen LogP contribution in [0.2, 0.25) is 5.02 Å². The summed E-state index contributed by atoms with van der Waals surface area (Å²) >= 11 is 5.79. The van der Waals surface area contributed by atoms with E-state index in [2.05, 4.69) is 0 Å². The molecule has 0 aromatic heterocycles. The van der Waals surface area contributed by atoms with Gasteiger partial charge in [0.25, 0.3) is 5.91 Å². The largest absolute Gasteiger partial charge is 0.394 e. The van der Waals surface area contributed by atoms with Gasteiger partial charge in [0.2, 0.25) is 0 Å². The Labute approximate surface area is 94.3 Å². The summed E-state index contributed by atoms with van der Waals surface area (Å²) in [4.78, 5) is 13.3. The lowest BCUT2D eigenvalue weighted by Crippen LogP contribution is -2.37. The molecule has 3 nitrogen and oxygen atoms in total. The van der Waals surface area contributed by atoms with Gasteiger partial charge in [-0.3, -0.25) is 4.79 Å². The van der Waals surface area contributed by atoms with E-state index < -0.39 is 0 Å². The van der Waals surface area contributed by atoms with E-state index in [1.807, 2.05) is 0 Å². The second-order valence-electron chi connectivity index (χ2n) is 3.46. The van der Waals surface area contributed by atoms with Crippen molar-refractivity contribution in [2.45, 2.75) is 13.0 Å². The zero-order valence-electron chi connectivity index (χ0n) is 8.77. The SMILES string of the molecule is CC(CO)N(C)C(=O)c1cccc(Cl)c1. The number of benzene rings is 1. The van der Waals surface area contributed by atoms with Crippen molar-refractivity contribution >= 4 is 17.5 Å². The van der Waals surface area contributed by atoms with Crippen molar-refractivity contribution in [3.8, 4) is 0 Å². The van der Waals surface area contributed by atoms with E-state index in [4.69, 9.17) is 16.7 Å². The molecule has 0 aliphatic carbocycles. The third-order valence-electron chi connectivity index (χ3n) is 2.32. The third kappa shape index (κ3) is 2.94. The number of hydrogen-bond acceptors (Lipinski definition) is 2. The van der Waals surface area contributed by atoms with Gasteiger partial charge < -0.3 is 10.0 Å². The quantitative estimate of drug-likeness (QED) is 0.856. The summed E-state index contributed by atoms with van der Waals surface area (Å²) < 4.78 is 0. The molecule has 0 bridgehead atoms. The van der Waals surface area contributed by atoms with Crippen molar-refractivity contribution in [3.05, 3.63) is 34.9 Å². The molecule has 1 aromatic carbocycles. The zero-order valence-corrected chi connectivity index (χ0v) is 9.53. The average molecular weight is 228 g/mol. The number of likely N-dealkylation sites (N-methyl/N-ethyl adjacent to an activating group) is 1. The normalized spacial score (nSPS) is 12.3. The van der Waals surface area contributed by atoms with Gasteiger partial charge in [-0.1, -0.05) is 17.7 Å². The van der Waals surface area contributed by atoms with Crippen molar-refractivity contribution in [2.75, 3.05) is 13.7 Å². The van der Waals surface area contributed by atoms with Gasteiger partial charge in [-0.2, -0.15) is 0 Å². The molecule has 1 rings (SSSR count). The molecule has 0 saturated heterocycles. The summed E-state index contributed by atoms with van der Waals surface area (Å²) in [6.45, 7) is 1.73. The van der Waals surface area contributed by atoms with Crippen LogP contribution in [0.25, 0.3) is 0 Å². The molecule has 0 fully saturated rings. The highest BCUT2D eigenvalue weighted by atomic mass is 35.5. The van der Waals surface area contributed by atoms with Crippen molar-refractivity contribution in [3.63, 3.8) is 0 Å². The predicted molar refractivity (Wildman–Crippen MR) is 60.1 cm³/mol. The monoisotopic (exact) mass is 227 g/mol. The maximum atomic E-state index is 11.9. The number of halogens is 1. The Kier molecular flexibility index (Phi) is 4.12. The number of hydrogen-bond donors (Lipinski definition) is 1. The fourth-order valence-corrected chi connectivity index (χ4v) is 1.34. The van der Waals surface area contributed by atoms with Crippen LogP contribution in [-0.4, -0.2) is 35.6 Å². The predicted octanol–water partition coefficient (Wildman–Crippen LogP) is 1.79. The minimum Gasteiger partial charge on any atom is -0.394 e. The fourth-order valence-electron chi connectivity index (χ4n) is 1.15. The lowest BCUT2D eigenvalue weighted by atomic mass is 10.2. The molecule has 0 aliphatic heterocycles. The molecule has 15 heavy (non-hydrogen) atoms. The minimum atomic E-state index is -0.198. The highest BCUT2D eigenvalue weighted by Gasteiger charge is 2.16. The molecule has 0 aliphatic rings. The molecule has 1 N–H and O–H groups in total. The second kappa shape index (κ2) is 5.14. The van der Waals surface area contributed by atoms with Gasteiger partial charge in [0, 0.05) is 17.6 Å². The van der Waals surface area contributed by atoms with Crippen molar-refractivity contribution in [1.29, 1.82) is 0 Å². The van der Waals surface area contributed by atoms with Crippen LogP contribution in [0, 0.1) is 0 Å². The second-order valence-corrected chi connectivity index (χ2v) is 3.89. The number of carbonyl (C=O) groups excluding carboxylic acids is 1. The summed E-state index contributed by atoms with van der Waals surface area (Å²) in [6, 6.07) is 6.57. The Balaban J connectivity index is 2.85. The Morgan fingerprint density at radius 2 is 2.27 bits per heavy atom. The highest BCUT2D eigenvalue weighted by molar-refractivity contribution is 6.30. The number of aliphatic hydroxyl groups excluding tert-OH is 1. The number of amides is 1. The summed E-state index contributed by atoms with van der Waals surface area (Å²) in [5.41, 5.74) is 0.533. The number of nitrogens with zero attached hydrogens (tertiary/aromatic N) is 1. The molecule has 0 radical (unpaired) electrons. The zero-order chi connectivity index (χ0) is 11.4. The van der Waals surface area contributed by atoms with Gasteiger partial charge in [0.05, 0.1) is 12.6 Å². The molecule has 1 amide bonds. The Hall–Kier alpha value is -1.06. The lowest BCUT2D eigenvalue weighted by Gasteiger charge is -2.23. The molecule has 0 heterocycles. The van der Waals surface area contributed by atoms with Crippen LogP contribution < -0.4 is 0 Å². The van der Waals surface area contributed by atoms with Crippen molar-refractivity contribution in [1.82, 2.24) is 4.90 Å². The molecule has 1 unspecified atom stereocenters. The lowest BCUT2D eigenvalue weighted by molar-refractivity contribution is 0.0682. The highest BCUT2D eigenvalue weighted by Crippen LogP contribution is 2.13. The summed E-state index contributed by atoms with van der Waals surface area (Å²) in [6.07, 6.45) is 0. The van der Waals surface area contributed by atoms with Crippen LogP contribution in [0.1, 0.15) is 17.3 Å².